The number of halogens is 3. The SMILES string of the molecule is Cc1ccc(-n2nc(-c3ccoc3C)cc2NC(=O)OCC(Cl)(Cl)Cl)cc1. The van der Waals surface area contributed by atoms with E-state index in [1.54, 1.807) is 17.0 Å². The van der Waals surface area contributed by atoms with Crippen molar-refractivity contribution in [3.8, 4) is 16.9 Å². The summed E-state index contributed by atoms with van der Waals surface area (Å²) in [5.74, 6) is 1.12. The minimum Gasteiger partial charge on any atom is -0.469 e. The molecule has 0 aliphatic heterocycles. The summed E-state index contributed by atoms with van der Waals surface area (Å²) in [4.78, 5) is 12.1. The molecule has 0 atom stereocenters. The molecule has 1 amide bonds. The van der Waals surface area contributed by atoms with Gasteiger partial charge in [-0.05, 0) is 32.0 Å². The average molecular weight is 429 g/mol. The van der Waals surface area contributed by atoms with Crippen molar-refractivity contribution in [2.45, 2.75) is 17.6 Å². The molecule has 3 rings (SSSR count). The highest BCUT2D eigenvalue weighted by Gasteiger charge is 2.23. The number of ether oxygens (including phenoxy) is 1. The van der Waals surface area contributed by atoms with Crippen LogP contribution in [-0.4, -0.2) is 26.3 Å². The second-order valence-corrected chi connectivity index (χ2v) is 8.39. The Labute approximate surface area is 171 Å². The van der Waals surface area contributed by atoms with Gasteiger partial charge < -0.3 is 9.15 Å². The fraction of sp³-hybridized carbons (Fsp3) is 0.222. The number of carbonyl (C=O) groups is 1. The van der Waals surface area contributed by atoms with E-state index in [1.807, 2.05) is 44.2 Å². The number of carbonyl (C=O) groups excluding carboxylic acids is 1. The van der Waals surface area contributed by atoms with Crippen LogP contribution in [0.25, 0.3) is 16.9 Å². The number of benzene rings is 1. The topological polar surface area (TPSA) is 69.3 Å². The molecule has 6 nitrogen and oxygen atoms in total. The molecule has 3 aromatic rings. The average Bonchev–Trinajstić information content (AvgIpc) is 3.19. The highest BCUT2D eigenvalue weighted by molar-refractivity contribution is 6.67. The van der Waals surface area contributed by atoms with Crippen molar-refractivity contribution in [3.05, 3.63) is 54.0 Å². The number of rotatable bonds is 4. The maximum absolute atomic E-state index is 12.1. The van der Waals surface area contributed by atoms with Gasteiger partial charge >= 0.3 is 6.09 Å². The van der Waals surface area contributed by atoms with Crippen molar-refractivity contribution in [2.75, 3.05) is 11.9 Å². The van der Waals surface area contributed by atoms with Crippen LogP contribution >= 0.6 is 34.8 Å². The molecular formula is C18H16Cl3N3O3. The molecule has 2 aromatic heterocycles. The Morgan fingerprint density at radius 1 is 1.22 bits per heavy atom. The van der Waals surface area contributed by atoms with E-state index in [1.165, 1.54) is 0 Å². The fourth-order valence-electron chi connectivity index (χ4n) is 2.42. The van der Waals surface area contributed by atoms with Gasteiger partial charge in [-0.2, -0.15) is 5.10 Å². The van der Waals surface area contributed by atoms with Gasteiger partial charge in [-0.3, -0.25) is 5.32 Å². The lowest BCUT2D eigenvalue weighted by molar-refractivity contribution is 0.163. The van der Waals surface area contributed by atoms with Crippen molar-refractivity contribution in [1.82, 2.24) is 9.78 Å². The maximum atomic E-state index is 12.1. The smallest absolute Gasteiger partial charge is 0.412 e. The van der Waals surface area contributed by atoms with E-state index in [9.17, 15) is 4.79 Å². The number of nitrogens with zero attached hydrogens (tertiary/aromatic N) is 2. The molecule has 0 aliphatic carbocycles. The Morgan fingerprint density at radius 2 is 1.93 bits per heavy atom. The molecule has 0 fully saturated rings. The maximum Gasteiger partial charge on any atom is 0.412 e. The van der Waals surface area contributed by atoms with Crippen LogP contribution in [0.1, 0.15) is 11.3 Å². The second-order valence-electron chi connectivity index (χ2n) is 5.87. The molecule has 142 valence electrons. The molecule has 1 N–H and O–H groups in total. The first-order chi connectivity index (χ1) is 12.7. The highest BCUT2D eigenvalue weighted by atomic mass is 35.6. The van der Waals surface area contributed by atoms with E-state index >= 15 is 0 Å². The van der Waals surface area contributed by atoms with E-state index in [4.69, 9.17) is 44.0 Å². The zero-order valence-electron chi connectivity index (χ0n) is 14.5. The zero-order valence-corrected chi connectivity index (χ0v) is 16.8. The number of amides is 1. The van der Waals surface area contributed by atoms with Gasteiger partial charge in [-0.1, -0.05) is 52.5 Å². The largest absolute Gasteiger partial charge is 0.469 e. The first-order valence-electron chi connectivity index (χ1n) is 7.95. The minimum absolute atomic E-state index is 0.379. The lowest BCUT2D eigenvalue weighted by Gasteiger charge is -2.13. The standard InChI is InChI=1S/C18H16Cl3N3O3/c1-11-3-5-13(6-4-11)24-16(22-17(25)27-10-18(19,20)21)9-15(23-24)14-7-8-26-12(14)2/h3-9H,10H2,1-2H3,(H,22,25). The summed E-state index contributed by atoms with van der Waals surface area (Å²) in [5, 5.41) is 7.21. The lowest BCUT2D eigenvalue weighted by atomic mass is 10.2. The van der Waals surface area contributed by atoms with Crippen molar-refractivity contribution in [3.63, 3.8) is 0 Å². The monoisotopic (exact) mass is 427 g/mol. The van der Waals surface area contributed by atoms with Gasteiger partial charge in [-0.25, -0.2) is 9.48 Å². The number of aryl methyl sites for hydroxylation is 2. The Bertz CT molecular complexity index is 943. The number of hydrogen-bond donors (Lipinski definition) is 1. The molecule has 9 heteroatoms. The number of nitrogens with one attached hydrogen (secondary N) is 1. The summed E-state index contributed by atoms with van der Waals surface area (Å²) in [6.45, 7) is 3.44. The summed E-state index contributed by atoms with van der Waals surface area (Å²) in [6, 6.07) is 11.2. The Balaban J connectivity index is 1.93. The molecule has 0 radical (unpaired) electrons. The Morgan fingerprint density at radius 3 is 2.52 bits per heavy atom. The highest BCUT2D eigenvalue weighted by Crippen LogP contribution is 2.29. The van der Waals surface area contributed by atoms with Gasteiger partial charge in [-0.15, -0.1) is 0 Å². The zero-order chi connectivity index (χ0) is 19.6. The Hall–Kier alpha value is -2.15. The van der Waals surface area contributed by atoms with Gasteiger partial charge in [0.1, 0.15) is 18.2 Å². The van der Waals surface area contributed by atoms with E-state index < -0.39 is 9.89 Å². The summed E-state index contributed by atoms with van der Waals surface area (Å²) < 4.78 is 10.2. The molecule has 0 unspecified atom stereocenters. The van der Waals surface area contributed by atoms with Crippen LogP contribution in [0.3, 0.4) is 0 Å². The first kappa shape index (κ1) is 19.6. The number of anilines is 1. The molecule has 2 heterocycles. The van der Waals surface area contributed by atoms with Crippen LogP contribution in [-0.2, 0) is 4.74 Å². The first-order valence-corrected chi connectivity index (χ1v) is 9.08. The predicted octanol–water partition coefficient (Wildman–Crippen LogP) is 5.67. The van der Waals surface area contributed by atoms with Gasteiger partial charge in [0.2, 0.25) is 3.79 Å². The Kier molecular flexibility index (Phi) is 5.69. The molecule has 27 heavy (non-hydrogen) atoms. The number of hydrogen-bond acceptors (Lipinski definition) is 4. The summed E-state index contributed by atoms with van der Waals surface area (Å²) in [6.07, 6.45) is 0.822. The number of aromatic nitrogens is 2. The number of alkyl halides is 3. The van der Waals surface area contributed by atoms with Crippen LogP contribution < -0.4 is 5.32 Å². The molecule has 0 saturated carbocycles. The minimum atomic E-state index is -1.69. The van der Waals surface area contributed by atoms with Crippen LogP contribution in [0.2, 0.25) is 0 Å². The van der Waals surface area contributed by atoms with Crippen molar-refractivity contribution < 1.29 is 13.9 Å². The molecule has 1 aromatic carbocycles. The quantitative estimate of drug-likeness (QED) is 0.544. The molecule has 0 saturated heterocycles. The second kappa shape index (κ2) is 7.84. The van der Waals surface area contributed by atoms with Crippen molar-refractivity contribution in [1.29, 1.82) is 0 Å². The summed E-state index contributed by atoms with van der Waals surface area (Å²) in [5.41, 5.74) is 3.33. The van der Waals surface area contributed by atoms with E-state index in [0.29, 0.717) is 17.3 Å². The van der Waals surface area contributed by atoms with Gasteiger partial charge in [0.05, 0.1) is 17.6 Å². The fourth-order valence-corrected chi connectivity index (χ4v) is 2.59. The third-order valence-corrected chi connectivity index (χ3v) is 4.05. The summed E-state index contributed by atoms with van der Waals surface area (Å²) >= 11 is 16.8. The molecule has 0 bridgehead atoms. The van der Waals surface area contributed by atoms with Crippen LogP contribution in [0, 0.1) is 13.8 Å². The lowest BCUT2D eigenvalue weighted by Crippen LogP contribution is -2.22. The van der Waals surface area contributed by atoms with Crippen LogP contribution in [0.15, 0.2) is 47.1 Å². The molecule has 0 aliphatic rings. The van der Waals surface area contributed by atoms with E-state index in [0.717, 1.165) is 16.8 Å². The predicted molar refractivity (Wildman–Crippen MR) is 106 cm³/mol. The van der Waals surface area contributed by atoms with Crippen LogP contribution in [0.4, 0.5) is 10.6 Å². The van der Waals surface area contributed by atoms with Gasteiger partial charge in [0, 0.05) is 11.6 Å². The van der Waals surface area contributed by atoms with Crippen molar-refractivity contribution in [2.24, 2.45) is 0 Å². The molecule has 0 spiro atoms. The number of furan rings is 1. The van der Waals surface area contributed by atoms with Gasteiger partial charge in [0.25, 0.3) is 0 Å². The van der Waals surface area contributed by atoms with Gasteiger partial charge in [0.15, 0.2) is 0 Å². The van der Waals surface area contributed by atoms with Crippen molar-refractivity contribution >= 4 is 46.7 Å². The molecular weight excluding hydrogens is 413 g/mol. The van der Waals surface area contributed by atoms with Crippen LogP contribution in [0.5, 0.6) is 0 Å². The van der Waals surface area contributed by atoms with E-state index in [-0.39, 0.29) is 6.61 Å². The van der Waals surface area contributed by atoms with E-state index in [2.05, 4.69) is 10.4 Å². The third kappa shape index (κ3) is 4.97. The summed E-state index contributed by atoms with van der Waals surface area (Å²) in [7, 11) is 0. The third-order valence-electron chi connectivity index (χ3n) is 3.72. The normalized spacial score (nSPS) is 11.4.